The monoisotopic (exact) mass is 416 g/mol. The van der Waals surface area contributed by atoms with Gasteiger partial charge >= 0.3 is 0 Å². The van der Waals surface area contributed by atoms with Crippen molar-refractivity contribution in [3.05, 3.63) is 17.5 Å². The van der Waals surface area contributed by atoms with Crippen molar-refractivity contribution >= 4 is 39.0 Å². The second kappa shape index (κ2) is 9.57. The van der Waals surface area contributed by atoms with Crippen LogP contribution in [-0.4, -0.2) is 48.8 Å². The van der Waals surface area contributed by atoms with Crippen LogP contribution >= 0.6 is 23.1 Å². The third-order valence-electron chi connectivity index (χ3n) is 5.18. The lowest BCUT2D eigenvalue weighted by Crippen LogP contribution is -2.45. The summed E-state index contributed by atoms with van der Waals surface area (Å²) < 4.78 is 27.8. The molecule has 1 N–H and O–H groups in total. The summed E-state index contributed by atoms with van der Waals surface area (Å²) in [5, 5.41) is 5.43. The van der Waals surface area contributed by atoms with Gasteiger partial charge in [0.25, 0.3) is 10.0 Å². The lowest BCUT2D eigenvalue weighted by atomic mass is 10.0. The molecule has 0 bridgehead atoms. The summed E-state index contributed by atoms with van der Waals surface area (Å²) in [6.45, 7) is 1.13. The molecule has 2 aliphatic rings. The van der Waals surface area contributed by atoms with Gasteiger partial charge in [-0.15, -0.1) is 23.1 Å². The molecule has 0 radical (unpaired) electrons. The van der Waals surface area contributed by atoms with Crippen LogP contribution in [0.1, 0.15) is 51.4 Å². The first-order chi connectivity index (χ1) is 12.6. The number of nitrogens with one attached hydrogen (secondary N) is 1. The van der Waals surface area contributed by atoms with Gasteiger partial charge in [0.05, 0.1) is 5.75 Å². The number of thiophene rings is 1. The third kappa shape index (κ3) is 5.24. The molecule has 2 fully saturated rings. The van der Waals surface area contributed by atoms with E-state index in [4.69, 9.17) is 0 Å². The highest BCUT2D eigenvalue weighted by molar-refractivity contribution is 8.00. The van der Waals surface area contributed by atoms with E-state index in [1.54, 1.807) is 33.6 Å². The smallest absolute Gasteiger partial charge is 0.252 e. The van der Waals surface area contributed by atoms with Gasteiger partial charge in [-0.3, -0.25) is 4.79 Å². The summed E-state index contributed by atoms with van der Waals surface area (Å²) >= 11 is 3.04. The molecule has 1 unspecified atom stereocenters. The van der Waals surface area contributed by atoms with Crippen molar-refractivity contribution in [3.8, 4) is 0 Å². The highest BCUT2D eigenvalue weighted by Gasteiger charge is 2.33. The number of sulfonamides is 1. The first kappa shape index (κ1) is 20.2. The highest BCUT2D eigenvalue weighted by atomic mass is 32.2. The number of thioether (sulfide) groups is 1. The van der Waals surface area contributed by atoms with Crippen LogP contribution in [0.5, 0.6) is 0 Å². The van der Waals surface area contributed by atoms with E-state index in [-0.39, 0.29) is 11.9 Å². The van der Waals surface area contributed by atoms with Crippen molar-refractivity contribution < 1.29 is 13.2 Å². The van der Waals surface area contributed by atoms with Crippen LogP contribution in [-0.2, 0) is 14.8 Å². The van der Waals surface area contributed by atoms with Gasteiger partial charge in [-0.1, -0.05) is 25.3 Å². The molecule has 2 heterocycles. The van der Waals surface area contributed by atoms with E-state index in [2.05, 4.69) is 5.32 Å². The van der Waals surface area contributed by atoms with Crippen LogP contribution in [0.4, 0.5) is 0 Å². The van der Waals surface area contributed by atoms with E-state index in [0.717, 1.165) is 19.3 Å². The maximum atomic E-state index is 12.9. The Balaban J connectivity index is 1.47. The largest absolute Gasteiger partial charge is 0.355 e. The molecular formula is C18H28N2O3S3. The first-order valence-corrected chi connectivity index (χ1v) is 12.9. The lowest BCUT2D eigenvalue weighted by Gasteiger charge is -2.34. The van der Waals surface area contributed by atoms with E-state index >= 15 is 0 Å². The molecule has 3 rings (SSSR count). The van der Waals surface area contributed by atoms with E-state index in [1.807, 2.05) is 0 Å². The Bertz CT molecular complexity index is 670. The Morgan fingerprint density at radius 3 is 2.73 bits per heavy atom. The zero-order valence-corrected chi connectivity index (χ0v) is 17.5. The number of hydrogen-bond acceptors (Lipinski definition) is 5. The van der Waals surface area contributed by atoms with Crippen molar-refractivity contribution in [2.45, 2.75) is 66.9 Å². The second-order valence-electron chi connectivity index (χ2n) is 7.05. The molecule has 0 aromatic carbocycles. The fourth-order valence-corrected chi connectivity index (χ4v) is 7.78. The minimum atomic E-state index is -3.40. The van der Waals surface area contributed by atoms with Gasteiger partial charge in [0.15, 0.2) is 0 Å². The minimum absolute atomic E-state index is 0.0152. The summed E-state index contributed by atoms with van der Waals surface area (Å²) in [7, 11) is -3.40. The summed E-state index contributed by atoms with van der Waals surface area (Å²) in [5.74, 6) is 0.595. The van der Waals surface area contributed by atoms with Crippen molar-refractivity contribution in [3.63, 3.8) is 0 Å². The van der Waals surface area contributed by atoms with Crippen molar-refractivity contribution in [2.75, 3.05) is 18.8 Å². The number of piperidine rings is 1. The summed E-state index contributed by atoms with van der Waals surface area (Å²) in [6.07, 6.45) is 8.55. The number of hydrogen-bond donors (Lipinski definition) is 1. The van der Waals surface area contributed by atoms with Crippen LogP contribution in [0.25, 0.3) is 0 Å². The van der Waals surface area contributed by atoms with Crippen LogP contribution in [0.15, 0.2) is 21.7 Å². The van der Waals surface area contributed by atoms with Crippen LogP contribution in [0.3, 0.4) is 0 Å². The normalized spacial score (nSPS) is 22.5. The van der Waals surface area contributed by atoms with Gasteiger partial charge in [-0.25, -0.2) is 8.42 Å². The minimum Gasteiger partial charge on any atom is -0.355 e. The van der Waals surface area contributed by atoms with Gasteiger partial charge in [0.1, 0.15) is 4.21 Å². The van der Waals surface area contributed by atoms with Crippen molar-refractivity contribution in [2.24, 2.45) is 0 Å². The summed E-state index contributed by atoms with van der Waals surface area (Å²) in [6, 6.07) is 3.44. The Labute approximate surface area is 165 Å². The third-order valence-corrected chi connectivity index (χ3v) is 9.88. The quantitative estimate of drug-likeness (QED) is 0.705. The van der Waals surface area contributed by atoms with Gasteiger partial charge in [-0.05, 0) is 43.6 Å². The zero-order valence-electron chi connectivity index (χ0n) is 15.1. The fourth-order valence-electron chi connectivity index (χ4n) is 3.78. The van der Waals surface area contributed by atoms with Gasteiger partial charge in [0.2, 0.25) is 5.91 Å². The maximum absolute atomic E-state index is 12.9. The molecule has 1 saturated carbocycles. The van der Waals surface area contributed by atoms with Crippen molar-refractivity contribution in [1.82, 2.24) is 9.62 Å². The Morgan fingerprint density at radius 1 is 1.23 bits per heavy atom. The van der Waals surface area contributed by atoms with Gasteiger partial charge in [-0.2, -0.15) is 4.31 Å². The molecule has 146 valence electrons. The second-order valence-corrected chi connectivity index (χ2v) is 11.4. The fraction of sp³-hybridized carbons (Fsp3) is 0.722. The number of carbonyl (C=O) groups is 1. The molecule has 26 heavy (non-hydrogen) atoms. The Morgan fingerprint density at radius 2 is 2.00 bits per heavy atom. The molecule has 1 saturated heterocycles. The number of nitrogens with zero attached hydrogens (tertiary/aromatic N) is 1. The van der Waals surface area contributed by atoms with E-state index in [1.165, 1.54) is 37.0 Å². The zero-order chi connectivity index (χ0) is 18.4. The predicted octanol–water partition coefficient (Wildman–Crippen LogP) is 3.47. The number of amides is 1. The van der Waals surface area contributed by atoms with Crippen LogP contribution < -0.4 is 5.32 Å². The van der Waals surface area contributed by atoms with Gasteiger partial charge in [0, 0.05) is 24.4 Å². The summed E-state index contributed by atoms with van der Waals surface area (Å²) in [5.41, 5.74) is 0. The lowest BCUT2D eigenvalue weighted by molar-refractivity contribution is -0.118. The number of rotatable bonds is 8. The summed E-state index contributed by atoms with van der Waals surface area (Å²) in [4.78, 5) is 12.0. The van der Waals surface area contributed by atoms with Crippen molar-refractivity contribution in [1.29, 1.82) is 0 Å². The van der Waals surface area contributed by atoms with Crippen LogP contribution in [0, 0.1) is 0 Å². The molecular weight excluding hydrogens is 388 g/mol. The van der Waals surface area contributed by atoms with E-state index < -0.39 is 10.0 Å². The Kier molecular flexibility index (Phi) is 7.43. The molecule has 1 aromatic heterocycles. The molecule has 5 nitrogen and oxygen atoms in total. The molecule has 1 aliphatic carbocycles. The van der Waals surface area contributed by atoms with E-state index in [9.17, 15) is 13.2 Å². The van der Waals surface area contributed by atoms with Gasteiger partial charge < -0.3 is 5.32 Å². The standard InChI is InChI=1S/C18H28N2O3S3/c21-17(14-25-16-7-1-2-8-16)19-11-10-15-6-3-4-12-20(15)26(22,23)18-9-5-13-24-18/h5,9,13,15-16H,1-4,6-8,10-12,14H2,(H,19,21). The Hall–Kier alpha value is -0.570. The first-order valence-electron chi connectivity index (χ1n) is 9.51. The predicted molar refractivity (Wildman–Crippen MR) is 108 cm³/mol. The molecule has 8 heteroatoms. The molecule has 1 aliphatic heterocycles. The molecule has 1 atom stereocenters. The average Bonchev–Trinajstić information content (AvgIpc) is 3.34. The molecule has 1 amide bonds. The van der Waals surface area contributed by atoms with E-state index in [0.29, 0.717) is 34.7 Å². The molecule has 0 spiro atoms. The highest BCUT2D eigenvalue weighted by Crippen LogP contribution is 2.30. The SMILES string of the molecule is O=C(CSC1CCCC1)NCCC1CCCCN1S(=O)(=O)c1cccs1. The average molecular weight is 417 g/mol. The molecule has 1 aromatic rings. The maximum Gasteiger partial charge on any atom is 0.252 e. The van der Waals surface area contributed by atoms with Crippen LogP contribution in [0.2, 0.25) is 0 Å². The topological polar surface area (TPSA) is 66.5 Å². The number of carbonyl (C=O) groups excluding carboxylic acids is 1.